The molecule has 12 heteroatoms. The zero-order chi connectivity index (χ0) is 22.2. The van der Waals surface area contributed by atoms with Crippen LogP contribution in [-0.4, -0.2) is 32.5 Å². The number of non-ortho nitro benzene ring substituents is 1. The van der Waals surface area contributed by atoms with Gasteiger partial charge in [0.2, 0.25) is 0 Å². The molecule has 1 heterocycles. The number of rotatable bonds is 9. The molecule has 0 fully saturated rings. The van der Waals surface area contributed by atoms with E-state index in [1.807, 2.05) is 24.3 Å². The Morgan fingerprint density at radius 3 is 2.52 bits per heavy atom. The summed E-state index contributed by atoms with van der Waals surface area (Å²) in [4.78, 5) is 22.3. The lowest BCUT2D eigenvalue weighted by Gasteiger charge is -2.02. The number of hydrogen-bond acceptors (Lipinski definition) is 9. The van der Waals surface area contributed by atoms with Crippen LogP contribution in [0.15, 0.2) is 62.3 Å². The topological polar surface area (TPSA) is 110 Å². The molecule has 3 aromatic rings. The molecule has 0 aliphatic heterocycles. The Hall–Kier alpha value is -2.47. The van der Waals surface area contributed by atoms with Gasteiger partial charge in [-0.25, -0.2) is 5.43 Å². The van der Waals surface area contributed by atoms with Crippen LogP contribution in [0.3, 0.4) is 0 Å². The average Bonchev–Trinajstić information content (AvgIpc) is 3.23. The number of hydrazone groups is 1. The van der Waals surface area contributed by atoms with Crippen molar-refractivity contribution in [2.24, 2.45) is 5.10 Å². The van der Waals surface area contributed by atoms with Gasteiger partial charge in [0.1, 0.15) is 0 Å². The molecule has 0 spiro atoms. The summed E-state index contributed by atoms with van der Waals surface area (Å²) in [5, 5.41) is 23.7. The van der Waals surface area contributed by atoms with Crippen LogP contribution in [0.2, 0.25) is 5.02 Å². The lowest BCUT2D eigenvalue weighted by atomic mass is 10.1. The molecule has 0 radical (unpaired) electrons. The first kappa shape index (κ1) is 23.2. The number of thioether (sulfide) groups is 2. The lowest BCUT2D eigenvalue weighted by molar-refractivity contribution is -0.384. The summed E-state index contributed by atoms with van der Waals surface area (Å²) in [6.45, 7) is 1.71. The van der Waals surface area contributed by atoms with Crippen LogP contribution in [0.1, 0.15) is 18.1 Å². The van der Waals surface area contributed by atoms with E-state index >= 15 is 0 Å². The summed E-state index contributed by atoms with van der Waals surface area (Å²) in [5.74, 6) is 0.545. The van der Waals surface area contributed by atoms with Crippen molar-refractivity contribution in [3.8, 4) is 0 Å². The molecule has 1 amide bonds. The fourth-order valence-electron chi connectivity index (χ4n) is 2.26. The van der Waals surface area contributed by atoms with E-state index in [2.05, 4.69) is 20.7 Å². The molecule has 0 aliphatic rings. The monoisotopic (exact) mass is 493 g/mol. The first-order chi connectivity index (χ1) is 14.9. The van der Waals surface area contributed by atoms with Crippen LogP contribution in [0, 0.1) is 10.1 Å². The van der Waals surface area contributed by atoms with Crippen LogP contribution < -0.4 is 5.43 Å². The molecule has 1 N–H and O–H groups in total. The first-order valence-corrected chi connectivity index (χ1v) is 12.0. The first-order valence-electron chi connectivity index (χ1n) is 8.83. The number of hydrogen-bond donors (Lipinski definition) is 1. The van der Waals surface area contributed by atoms with Gasteiger partial charge in [-0.15, -0.1) is 10.2 Å². The van der Waals surface area contributed by atoms with Gasteiger partial charge < -0.3 is 0 Å². The molecule has 3 rings (SSSR count). The second kappa shape index (κ2) is 11.2. The van der Waals surface area contributed by atoms with Gasteiger partial charge in [0.25, 0.3) is 11.6 Å². The number of nitro groups is 1. The van der Waals surface area contributed by atoms with Gasteiger partial charge in [-0.2, -0.15) is 5.10 Å². The molecular formula is C19H16ClN5O3S3. The molecule has 8 nitrogen and oxygen atoms in total. The van der Waals surface area contributed by atoms with E-state index in [1.54, 1.807) is 19.1 Å². The number of halogens is 1. The molecular weight excluding hydrogens is 478 g/mol. The highest BCUT2D eigenvalue weighted by Gasteiger charge is 2.10. The summed E-state index contributed by atoms with van der Waals surface area (Å²) in [7, 11) is 0. The smallest absolute Gasteiger partial charge is 0.269 e. The van der Waals surface area contributed by atoms with Crippen molar-refractivity contribution in [1.82, 2.24) is 15.6 Å². The zero-order valence-electron chi connectivity index (χ0n) is 16.1. The summed E-state index contributed by atoms with van der Waals surface area (Å²) < 4.78 is 1.49. The second-order valence-corrected chi connectivity index (χ2v) is 9.87. The highest BCUT2D eigenvalue weighted by atomic mass is 35.5. The van der Waals surface area contributed by atoms with Gasteiger partial charge in [-0.3, -0.25) is 14.9 Å². The highest BCUT2D eigenvalue weighted by molar-refractivity contribution is 8.03. The van der Waals surface area contributed by atoms with Crippen molar-refractivity contribution in [2.75, 3.05) is 5.75 Å². The van der Waals surface area contributed by atoms with E-state index < -0.39 is 4.92 Å². The summed E-state index contributed by atoms with van der Waals surface area (Å²) in [6.07, 6.45) is 0. The largest absolute Gasteiger partial charge is 0.272 e. The minimum atomic E-state index is -0.469. The maximum Gasteiger partial charge on any atom is 0.269 e. The van der Waals surface area contributed by atoms with Crippen molar-refractivity contribution in [1.29, 1.82) is 0 Å². The van der Waals surface area contributed by atoms with E-state index in [-0.39, 0.29) is 17.3 Å². The van der Waals surface area contributed by atoms with E-state index in [0.717, 1.165) is 14.9 Å². The molecule has 1 aromatic heterocycles. The van der Waals surface area contributed by atoms with Crippen LogP contribution in [0.4, 0.5) is 5.69 Å². The normalized spacial score (nSPS) is 11.4. The lowest BCUT2D eigenvalue weighted by Crippen LogP contribution is -2.21. The van der Waals surface area contributed by atoms with E-state index in [4.69, 9.17) is 11.6 Å². The third-order valence-corrected chi connectivity index (χ3v) is 7.48. The Morgan fingerprint density at radius 2 is 1.84 bits per heavy atom. The SMILES string of the molecule is C/C(=N/NC(=O)CSc1nnc(SCc2ccccc2Cl)s1)c1ccc([N+](=O)[O-])cc1. The van der Waals surface area contributed by atoms with Crippen molar-refractivity contribution in [2.45, 2.75) is 21.4 Å². The fourth-order valence-corrected chi connectivity index (χ4v) is 5.36. The van der Waals surface area contributed by atoms with Crippen molar-refractivity contribution in [3.63, 3.8) is 0 Å². The predicted molar refractivity (Wildman–Crippen MR) is 125 cm³/mol. The van der Waals surface area contributed by atoms with Gasteiger partial charge in [-0.1, -0.05) is 64.7 Å². The number of carbonyl (C=O) groups excluding carboxylic acids is 1. The Balaban J connectivity index is 1.45. The van der Waals surface area contributed by atoms with Gasteiger partial charge >= 0.3 is 0 Å². The molecule has 0 atom stereocenters. The standard InChI is InChI=1S/C19H16ClN5O3S3/c1-12(13-6-8-15(9-7-13)25(27)28)21-22-17(26)11-30-19-24-23-18(31-19)29-10-14-4-2-3-5-16(14)20/h2-9H,10-11H2,1H3,(H,22,26)/b21-12-. The molecule has 160 valence electrons. The van der Waals surface area contributed by atoms with Gasteiger partial charge in [-0.05, 0) is 36.2 Å². The average molecular weight is 494 g/mol. The maximum atomic E-state index is 12.1. The number of amides is 1. The Bertz CT molecular complexity index is 1110. The molecule has 31 heavy (non-hydrogen) atoms. The van der Waals surface area contributed by atoms with Crippen molar-refractivity contribution >= 4 is 63.8 Å². The van der Waals surface area contributed by atoms with E-state index in [1.165, 1.54) is 47.0 Å². The Morgan fingerprint density at radius 1 is 1.16 bits per heavy atom. The molecule has 0 aliphatic carbocycles. The zero-order valence-corrected chi connectivity index (χ0v) is 19.4. The molecule has 0 unspecified atom stereocenters. The quantitative estimate of drug-likeness (QED) is 0.193. The predicted octanol–water partition coefficient (Wildman–Crippen LogP) is 5.02. The maximum absolute atomic E-state index is 12.1. The summed E-state index contributed by atoms with van der Waals surface area (Å²) >= 11 is 10.4. The number of nitro benzene ring substituents is 1. The molecule has 0 saturated heterocycles. The van der Waals surface area contributed by atoms with Crippen LogP contribution in [-0.2, 0) is 10.5 Å². The summed E-state index contributed by atoms with van der Waals surface area (Å²) in [5.41, 5.74) is 4.73. The third-order valence-electron chi connectivity index (χ3n) is 3.87. The number of aromatic nitrogens is 2. The number of benzene rings is 2. The Labute approximate surface area is 195 Å². The van der Waals surface area contributed by atoms with Crippen molar-refractivity contribution in [3.05, 3.63) is 74.8 Å². The van der Waals surface area contributed by atoms with E-state index in [9.17, 15) is 14.9 Å². The molecule has 0 bridgehead atoms. The highest BCUT2D eigenvalue weighted by Crippen LogP contribution is 2.32. The second-order valence-electron chi connectivity index (χ2n) is 6.04. The van der Waals surface area contributed by atoms with Gasteiger partial charge in [0.05, 0.1) is 16.4 Å². The third kappa shape index (κ3) is 7.03. The van der Waals surface area contributed by atoms with Gasteiger partial charge in [0, 0.05) is 22.9 Å². The van der Waals surface area contributed by atoms with Crippen LogP contribution in [0.25, 0.3) is 0 Å². The van der Waals surface area contributed by atoms with E-state index in [0.29, 0.717) is 21.4 Å². The van der Waals surface area contributed by atoms with Crippen LogP contribution >= 0.6 is 46.5 Å². The minimum absolute atomic E-state index is 0.00144. The molecule has 2 aromatic carbocycles. The van der Waals surface area contributed by atoms with Crippen LogP contribution in [0.5, 0.6) is 0 Å². The number of nitrogens with zero attached hydrogens (tertiary/aromatic N) is 4. The minimum Gasteiger partial charge on any atom is -0.272 e. The Kier molecular flexibility index (Phi) is 8.41. The number of carbonyl (C=O) groups is 1. The summed E-state index contributed by atoms with van der Waals surface area (Å²) in [6, 6.07) is 13.6. The molecule has 0 saturated carbocycles. The fraction of sp³-hybridized carbons (Fsp3) is 0.158. The van der Waals surface area contributed by atoms with Crippen molar-refractivity contribution < 1.29 is 9.72 Å². The number of nitrogens with one attached hydrogen (secondary N) is 1. The van der Waals surface area contributed by atoms with Gasteiger partial charge in [0.15, 0.2) is 8.68 Å².